The van der Waals surface area contributed by atoms with Crippen LogP contribution in [0.15, 0.2) is 155 Å². The van der Waals surface area contributed by atoms with Gasteiger partial charge in [-0.15, -0.1) is 0 Å². The molecule has 0 amide bonds. The minimum absolute atomic E-state index is 0.0983. The standard InChI is InChI=1S/C19H18F6.C17H18O.C16H18O2S.C16H18O/c1-11-5-7-15(9-13(11)3)17(18(20,21)22,19(23,24)25)16-8-6-12(2)14(4)10-16;1-11-5-7-15(9-13(11)3)17(18)16-8-6-12(2)14(4)10-16;1-11-5-7-15(9-13(11)3)19(17,18)16-8-6-12(2)14(4)10-16;1-11-5-7-15(9-13(11)3)17-16-8-6-12(2)14(4)10-16/h5-10H,1-4H3;5-10H,1-4H3;5-10H,1-4H3;5-10H,1-4H3. The Balaban J connectivity index is 0.000000196. The summed E-state index contributed by atoms with van der Waals surface area (Å²) in [5.41, 5.74) is 11.8. The maximum absolute atomic E-state index is 14.0. The Kier molecular flexibility index (Phi) is 20.0. The zero-order valence-electron chi connectivity index (χ0n) is 48.2. The van der Waals surface area contributed by atoms with Gasteiger partial charge in [0.1, 0.15) is 11.5 Å². The molecule has 79 heavy (non-hydrogen) atoms. The molecule has 416 valence electrons. The van der Waals surface area contributed by atoms with Gasteiger partial charge in [0.15, 0.2) is 5.78 Å². The molecule has 8 aromatic rings. The minimum atomic E-state index is -5.55. The second-order valence-electron chi connectivity index (χ2n) is 20.9. The molecular weight excluding hydrogens is 1030 g/mol. The van der Waals surface area contributed by atoms with Crippen molar-refractivity contribution in [1.29, 1.82) is 0 Å². The van der Waals surface area contributed by atoms with Crippen LogP contribution in [-0.4, -0.2) is 26.6 Å². The molecule has 4 nitrogen and oxygen atoms in total. The first-order chi connectivity index (χ1) is 36.7. The van der Waals surface area contributed by atoms with Gasteiger partial charge in [0.25, 0.3) is 0 Å². The largest absolute Gasteiger partial charge is 0.457 e. The van der Waals surface area contributed by atoms with Gasteiger partial charge in [0.2, 0.25) is 15.3 Å². The number of ketones is 1. The van der Waals surface area contributed by atoms with E-state index in [0.717, 1.165) is 80.3 Å². The Morgan fingerprint density at radius 1 is 0.316 bits per heavy atom. The van der Waals surface area contributed by atoms with Crippen molar-refractivity contribution in [1.82, 2.24) is 0 Å². The summed E-state index contributed by atoms with van der Waals surface area (Å²) in [4.78, 5) is 13.1. The number of sulfone groups is 1. The topological polar surface area (TPSA) is 60.4 Å². The highest BCUT2D eigenvalue weighted by molar-refractivity contribution is 7.91. The van der Waals surface area contributed by atoms with E-state index in [4.69, 9.17) is 4.74 Å². The zero-order chi connectivity index (χ0) is 59.1. The van der Waals surface area contributed by atoms with Gasteiger partial charge < -0.3 is 4.74 Å². The lowest BCUT2D eigenvalue weighted by molar-refractivity contribution is -0.288. The smallest absolute Gasteiger partial charge is 0.411 e. The van der Waals surface area contributed by atoms with Crippen molar-refractivity contribution in [2.75, 3.05) is 0 Å². The van der Waals surface area contributed by atoms with Gasteiger partial charge in [-0.25, -0.2) is 8.42 Å². The van der Waals surface area contributed by atoms with Crippen molar-refractivity contribution in [3.63, 3.8) is 0 Å². The maximum Gasteiger partial charge on any atom is 0.411 e. The Hall–Kier alpha value is -7.24. The van der Waals surface area contributed by atoms with E-state index in [0.29, 0.717) is 32.0 Å². The molecule has 0 aliphatic rings. The van der Waals surface area contributed by atoms with Crippen molar-refractivity contribution in [2.24, 2.45) is 0 Å². The van der Waals surface area contributed by atoms with E-state index in [1.807, 2.05) is 102 Å². The Labute approximate surface area is 464 Å². The lowest BCUT2D eigenvalue weighted by atomic mass is 9.71. The third kappa shape index (κ3) is 14.7. The van der Waals surface area contributed by atoms with Crippen molar-refractivity contribution in [3.05, 3.63) is 257 Å². The monoisotopic (exact) mass is 1100 g/mol. The first-order valence-corrected chi connectivity index (χ1v) is 27.4. The number of carbonyl (C=O) groups is 1. The average Bonchev–Trinajstić information content (AvgIpc) is 3.57. The number of hydrogen-bond acceptors (Lipinski definition) is 4. The first-order valence-electron chi connectivity index (χ1n) is 25.9. The highest BCUT2D eigenvalue weighted by atomic mass is 32.2. The van der Waals surface area contributed by atoms with Crippen molar-refractivity contribution >= 4 is 15.6 Å². The van der Waals surface area contributed by atoms with Gasteiger partial charge in [-0.2, -0.15) is 26.3 Å². The predicted molar refractivity (Wildman–Crippen MR) is 309 cm³/mol. The van der Waals surface area contributed by atoms with Crippen LogP contribution in [0, 0.1) is 111 Å². The minimum Gasteiger partial charge on any atom is -0.457 e. The van der Waals surface area contributed by atoms with Crippen LogP contribution in [0.2, 0.25) is 0 Å². The maximum atomic E-state index is 14.0. The Bertz CT molecular complexity index is 3400. The third-order valence-electron chi connectivity index (χ3n) is 15.0. The number of aryl methyl sites for hydroxylation is 16. The molecule has 0 aromatic heterocycles. The van der Waals surface area contributed by atoms with E-state index in [9.17, 15) is 39.6 Å². The van der Waals surface area contributed by atoms with Crippen molar-refractivity contribution in [2.45, 2.75) is 138 Å². The van der Waals surface area contributed by atoms with Crippen molar-refractivity contribution in [3.8, 4) is 11.5 Å². The zero-order valence-corrected chi connectivity index (χ0v) is 49.0. The molecular formula is C68H72F6O4S. The first kappa shape index (κ1) is 62.6. The normalized spacial score (nSPS) is 11.6. The molecule has 0 aliphatic heterocycles. The molecule has 0 aliphatic carbocycles. The number of carbonyl (C=O) groups excluding carboxylic acids is 1. The van der Waals surface area contributed by atoms with Gasteiger partial charge in [-0.05, 0) is 272 Å². The fourth-order valence-corrected chi connectivity index (χ4v) is 9.88. The average molecular weight is 1100 g/mol. The van der Waals surface area contributed by atoms with Crippen LogP contribution in [0.4, 0.5) is 26.3 Å². The van der Waals surface area contributed by atoms with Crippen LogP contribution in [0.1, 0.15) is 116 Å². The second-order valence-corrected chi connectivity index (χ2v) is 22.8. The molecule has 0 bridgehead atoms. The summed E-state index contributed by atoms with van der Waals surface area (Å²) >= 11 is 0. The number of rotatable bonds is 8. The summed E-state index contributed by atoms with van der Waals surface area (Å²) in [6, 6.07) is 41.0. The van der Waals surface area contributed by atoms with E-state index in [2.05, 4.69) is 65.8 Å². The number of hydrogen-bond donors (Lipinski definition) is 0. The van der Waals surface area contributed by atoms with E-state index in [-0.39, 0.29) is 5.78 Å². The summed E-state index contributed by atoms with van der Waals surface area (Å²) < 4.78 is 115. The number of alkyl halides is 6. The molecule has 0 radical (unpaired) electrons. The lowest BCUT2D eigenvalue weighted by Gasteiger charge is -2.38. The van der Waals surface area contributed by atoms with Gasteiger partial charge >= 0.3 is 12.4 Å². The Morgan fingerprint density at radius 2 is 0.570 bits per heavy atom. The summed E-state index contributed by atoms with van der Waals surface area (Å²) in [7, 11) is -3.42. The van der Waals surface area contributed by atoms with E-state index in [1.165, 1.54) is 59.4 Å². The quantitative estimate of drug-likeness (QED) is 0.112. The lowest BCUT2D eigenvalue weighted by Crippen LogP contribution is -2.54. The van der Waals surface area contributed by atoms with E-state index >= 15 is 0 Å². The molecule has 0 saturated heterocycles. The number of ether oxygens (including phenoxy) is 1. The Morgan fingerprint density at radius 3 is 0.835 bits per heavy atom. The third-order valence-corrected chi connectivity index (χ3v) is 16.8. The van der Waals surface area contributed by atoms with E-state index < -0.39 is 38.7 Å². The number of benzene rings is 8. The summed E-state index contributed by atoms with van der Waals surface area (Å²) in [5.74, 6) is 1.90. The number of halogens is 6. The summed E-state index contributed by atoms with van der Waals surface area (Å²) in [6.45, 7) is 30.7. The highest BCUT2D eigenvalue weighted by Crippen LogP contribution is 2.56. The fourth-order valence-electron chi connectivity index (χ4n) is 8.45. The molecule has 0 spiro atoms. The highest BCUT2D eigenvalue weighted by Gasteiger charge is 2.72. The molecule has 8 aromatic carbocycles. The summed E-state index contributed by atoms with van der Waals surface area (Å²) in [6.07, 6.45) is -11.1. The molecule has 0 atom stereocenters. The van der Waals surface area contributed by atoms with Gasteiger partial charge in [0.05, 0.1) is 9.79 Å². The summed E-state index contributed by atoms with van der Waals surface area (Å²) in [5, 5.41) is 0. The molecule has 11 heteroatoms. The van der Waals surface area contributed by atoms with Crippen LogP contribution in [0.25, 0.3) is 0 Å². The SMILES string of the molecule is Cc1ccc(C(=O)c2ccc(C)c(C)c2)cc1C.Cc1ccc(C(c2ccc(C)c(C)c2)(C(F)(F)F)C(F)(F)F)cc1C.Cc1ccc(Oc2ccc(C)c(C)c2)cc1C.Cc1ccc(S(=O)(=O)c2ccc(C)c(C)c2)cc1C. The molecule has 0 fully saturated rings. The molecule has 0 heterocycles. The van der Waals surface area contributed by atoms with Crippen LogP contribution in [0.3, 0.4) is 0 Å². The van der Waals surface area contributed by atoms with Crippen LogP contribution < -0.4 is 4.74 Å². The van der Waals surface area contributed by atoms with Crippen LogP contribution >= 0.6 is 0 Å². The molecule has 0 saturated carbocycles. The second kappa shape index (κ2) is 25.3. The molecule has 8 rings (SSSR count). The van der Waals surface area contributed by atoms with Gasteiger partial charge in [-0.1, -0.05) is 84.9 Å². The van der Waals surface area contributed by atoms with Crippen LogP contribution in [0.5, 0.6) is 11.5 Å². The van der Waals surface area contributed by atoms with Gasteiger partial charge in [0, 0.05) is 11.1 Å². The van der Waals surface area contributed by atoms with Crippen LogP contribution in [-0.2, 0) is 15.3 Å². The molecule has 0 N–H and O–H groups in total. The van der Waals surface area contributed by atoms with Crippen molar-refractivity contribution < 1.29 is 44.3 Å². The van der Waals surface area contributed by atoms with E-state index in [1.54, 1.807) is 38.1 Å². The van der Waals surface area contributed by atoms with Gasteiger partial charge in [-0.3, -0.25) is 4.79 Å². The fraction of sp³-hybridized carbons (Fsp3) is 0.279. The predicted octanol–water partition coefficient (Wildman–Crippen LogP) is 18.9. The molecule has 0 unspecified atom stereocenters.